The molecule has 0 saturated carbocycles. The van der Waals surface area contributed by atoms with E-state index in [1.165, 1.54) is 0 Å². The Bertz CT molecular complexity index is 482. The van der Waals surface area contributed by atoms with Crippen LogP contribution in [0.1, 0.15) is 10.4 Å². The maximum atomic E-state index is 12.7. The molecule has 0 aliphatic carbocycles. The van der Waals surface area contributed by atoms with Crippen molar-refractivity contribution in [2.75, 3.05) is 0 Å². The summed E-state index contributed by atoms with van der Waals surface area (Å²) < 4.78 is 34.3. The van der Waals surface area contributed by atoms with Gasteiger partial charge in [-0.15, -0.1) is 0 Å². The molecule has 1 rings (SSSR count). The molecule has 76 valence electrons. The fourth-order valence-corrected chi connectivity index (χ4v) is 1.42. The Kier molecular flexibility index (Phi) is 2.54. The van der Waals surface area contributed by atoms with Crippen molar-refractivity contribution in [2.45, 2.75) is 4.90 Å². The second-order valence-electron chi connectivity index (χ2n) is 2.53. The average molecular weight is 219 g/mol. The molecule has 14 heavy (non-hydrogen) atoms. The van der Waals surface area contributed by atoms with Crippen LogP contribution in [0.3, 0.4) is 0 Å². The summed E-state index contributed by atoms with van der Waals surface area (Å²) in [6.45, 7) is 0. The van der Waals surface area contributed by atoms with Gasteiger partial charge in [0.2, 0.25) is 10.0 Å². The Labute approximate surface area is 79.0 Å². The lowest BCUT2D eigenvalue weighted by atomic mass is 10.2. The number of carboxylic acids is 1. The molecule has 0 aliphatic heterocycles. The number of benzene rings is 1. The lowest BCUT2D eigenvalue weighted by Gasteiger charge is -2.00. The van der Waals surface area contributed by atoms with E-state index in [4.69, 9.17) is 10.2 Å². The average Bonchev–Trinajstić information content (AvgIpc) is 2.01. The van der Waals surface area contributed by atoms with Crippen LogP contribution < -0.4 is 5.14 Å². The van der Waals surface area contributed by atoms with Crippen molar-refractivity contribution in [3.63, 3.8) is 0 Å². The first-order valence-corrected chi connectivity index (χ1v) is 4.92. The lowest BCUT2D eigenvalue weighted by Crippen LogP contribution is -2.13. The van der Waals surface area contributed by atoms with Gasteiger partial charge in [-0.2, -0.15) is 0 Å². The summed E-state index contributed by atoms with van der Waals surface area (Å²) in [5.74, 6) is -2.39. The van der Waals surface area contributed by atoms with Crippen LogP contribution in [0, 0.1) is 5.82 Å². The summed E-state index contributed by atoms with van der Waals surface area (Å²) in [4.78, 5) is 9.87. The number of aromatic carboxylic acids is 1. The van der Waals surface area contributed by atoms with Gasteiger partial charge >= 0.3 is 5.97 Å². The van der Waals surface area contributed by atoms with Gasteiger partial charge in [-0.05, 0) is 18.2 Å². The topological polar surface area (TPSA) is 97.5 Å². The summed E-state index contributed by atoms with van der Waals surface area (Å²) in [5, 5.41) is 13.2. The van der Waals surface area contributed by atoms with E-state index < -0.39 is 32.3 Å². The summed E-state index contributed by atoms with van der Waals surface area (Å²) in [5.41, 5.74) is -0.464. The van der Waals surface area contributed by atoms with Crippen molar-refractivity contribution >= 4 is 16.0 Å². The monoisotopic (exact) mass is 219 g/mol. The Hall–Kier alpha value is -1.47. The normalized spacial score (nSPS) is 11.3. The molecule has 0 saturated heterocycles. The van der Waals surface area contributed by atoms with Gasteiger partial charge in [0.05, 0.1) is 10.5 Å². The second-order valence-corrected chi connectivity index (χ2v) is 4.09. The molecule has 0 spiro atoms. The molecule has 0 aromatic heterocycles. The molecule has 7 heteroatoms. The minimum atomic E-state index is -4.08. The Morgan fingerprint density at radius 1 is 1.36 bits per heavy atom. The highest BCUT2D eigenvalue weighted by Crippen LogP contribution is 2.12. The number of nitrogens with two attached hydrogens (primary N) is 1. The highest BCUT2D eigenvalue weighted by Gasteiger charge is 2.13. The van der Waals surface area contributed by atoms with Gasteiger partial charge in [0.25, 0.3) is 0 Å². The molecule has 5 nitrogen and oxygen atoms in total. The third-order valence-electron chi connectivity index (χ3n) is 1.45. The number of carboxylic acid groups (broad SMARTS) is 1. The van der Waals surface area contributed by atoms with E-state index in [1.54, 1.807) is 0 Å². The molecule has 0 aliphatic rings. The third kappa shape index (κ3) is 2.27. The first-order chi connectivity index (χ1) is 6.30. The lowest BCUT2D eigenvalue weighted by molar-refractivity contribution is 0.0696. The molecule has 0 amide bonds. The summed E-state index contributed by atoms with van der Waals surface area (Å²) >= 11 is 0. The van der Waals surface area contributed by atoms with Gasteiger partial charge in [0, 0.05) is 0 Å². The molecule has 0 atom stereocenters. The maximum absolute atomic E-state index is 12.7. The summed E-state index contributed by atoms with van der Waals surface area (Å²) in [6, 6.07) is 2.15. The molecule has 1 aromatic rings. The molecule has 0 bridgehead atoms. The second kappa shape index (κ2) is 3.35. The number of sulfonamides is 1. The highest BCUT2D eigenvalue weighted by molar-refractivity contribution is 7.89. The quantitative estimate of drug-likeness (QED) is 0.740. The molecule has 1 aromatic carbocycles. The van der Waals surface area contributed by atoms with Gasteiger partial charge in [0.15, 0.2) is 0 Å². The SMILES string of the molecule is NS(=O)(=O)c1cc(F)cc(C(=O)O)c1. The zero-order valence-electron chi connectivity index (χ0n) is 6.77. The third-order valence-corrected chi connectivity index (χ3v) is 2.34. The summed E-state index contributed by atoms with van der Waals surface area (Å²) in [7, 11) is -4.08. The minimum Gasteiger partial charge on any atom is -0.478 e. The predicted octanol–water partition coefficient (Wildman–Crippen LogP) is 0.171. The first-order valence-electron chi connectivity index (χ1n) is 3.37. The van der Waals surface area contributed by atoms with Crippen molar-refractivity contribution in [2.24, 2.45) is 5.14 Å². The van der Waals surface area contributed by atoms with Gasteiger partial charge < -0.3 is 5.11 Å². The Morgan fingerprint density at radius 3 is 2.36 bits per heavy atom. The molecule has 0 heterocycles. The van der Waals surface area contributed by atoms with Crippen LogP contribution in [-0.4, -0.2) is 19.5 Å². The van der Waals surface area contributed by atoms with E-state index in [2.05, 4.69) is 0 Å². The molecule has 0 fully saturated rings. The van der Waals surface area contributed by atoms with Gasteiger partial charge in [-0.3, -0.25) is 0 Å². The molecule has 0 unspecified atom stereocenters. The van der Waals surface area contributed by atoms with Gasteiger partial charge in [-0.25, -0.2) is 22.7 Å². The largest absolute Gasteiger partial charge is 0.478 e. The number of halogens is 1. The van der Waals surface area contributed by atoms with E-state index in [0.717, 1.165) is 6.07 Å². The standard InChI is InChI=1S/C7H6FNO4S/c8-5-1-4(7(10)11)2-6(3-5)14(9,12)13/h1-3H,(H,10,11)(H2,9,12,13). The van der Waals surface area contributed by atoms with E-state index in [0.29, 0.717) is 12.1 Å². The first kappa shape index (κ1) is 10.6. The minimum absolute atomic E-state index is 0.464. The van der Waals surface area contributed by atoms with Crippen molar-refractivity contribution < 1.29 is 22.7 Å². The maximum Gasteiger partial charge on any atom is 0.335 e. The van der Waals surface area contributed by atoms with E-state index in [9.17, 15) is 17.6 Å². The van der Waals surface area contributed by atoms with Crippen LogP contribution in [-0.2, 0) is 10.0 Å². The molecular weight excluding hydrogens is 213 g/mol. The van der Waals surface area contributed by atoms with Gasteiger partial charge in [0.1, 0.15) is 5.82 Å². The smallest absolute Gasteiger partial charge is 0.335 e. The number of hydrogen-bond donors (Lipinski definition) is 2. The number of rotatable bonds is 2. The molecule has 0 radical (unpaired) electrons. The summed E-state index contributed by atoms with van der Waals surface area (Å²) in [6.07, 6.45) is 0. The zero-order valence-corrected chi connectivity index (χ0v) is 7.58. The van der Waals surface area contributed by atoms with Crippen LogP contribution >= 0.6 is 0 Å². The van der Waals surface area contributed by atoms with E-state index in [1.807, 2.05) is 0 Å². The Balaban J connectivity index is 3.43. The zero-order chi connectivity index (χ0) is 10.9. The molecule has 3 N–H and O–H groups in total. The van der Waals surface area contributed by atoms with Crippen LogP contribution in [0.15, 0.2) is 23.1 Å². The molecular formula is C7H6FNO4S. The van der Waals surface area contributed by atoms with E-state index in [-0.39, 0.29) is 0 Å². The van der Waals surface area contributed by atoms with Crippen LogP contribution in [0.4, 0.5) is 4.39 Å². The Morgan fingerprint density at radius 2 is 1.93 bits per heavy atom. The van der Waals surface area contributed by atoms with Crippen LogP contribution in [0.25, 0.3) is 0 Å². The fraction of sp³-hybridized carbons (Fsp3) is 0. The highest BCUT2D eigenvalue weighted by atomic mass is 32.2. The number of primary sulfonamides is 1. The van der Waals surface area contributed by atoms with Crippen molar-refractivity contribution in [1.82, 2.24) is 0 Å². The number of carbonyl (C=O) groups is 1. The van der Waals surface area contributed by atoms with Crippen LogP contribution in [0.5, 0.6) is 0 Å². The van der Waals surface area contributed by atoms with Crippen LogP contribution in [0.2, 0.25) is 0 Å². The fourth-order valence-electron chi connectivity index (χ4n) is 0.850. The van der Waals surface area contributed by atoms with Crippen molar-refractivity contribution in [3.8, 4) is 0 Å². The van der Waals surface area contributed by atoms with Crippen molar-refractivity contribution in [3.05, 3.63) is 29.6 Å². The number of hydrogen-bond acceptors (Lipinski definition) is 3. The van der Waals surface area contributed by atoms with E-state index >= 15 is 0 Å². The van der Waals surface area contributed by atoms with Gasteiger partial charge in [-0.1, -0.05) is 0 Å². The van der Waals surface area contributed by atoms with Crippen molar-refractivity contribution in [1.29, 1.82) is 0 Å². The predicted molar refractivity (Wildman–Crippen MR) is 44.7 cm³/mol.